The van der Waals surface area contributed by atoms with E-state index >= 15 is 0 Å². The van der Waals surface area contributed by atoms with Gasteiger partial charge >= 0.3 is 0 Å². The van der Waals surface area contributed by atoms with Crippen molar-refractivity contribution >= 4 is 11.5 Å². The summed E-state index contributed by atoms with van der Waals surface area (Å²) in [6, 6.07) is 10.4. The van der Waals surface area contributed by atoms with Crippen LogP contribution in [0, 0.1) is 5.82 Å². The molecule has 0 saturated carbocycles. The molecular weight excluding hydrogens is 205 g/mol. The highest BCUT2D eigenvalue weighted by Crippen LogP contribution is 2.17. The van der Waals surface area contributed by atoms with E-state index in [0.29, 0.717) is 6.54 Å². The van der Waals surface area contributed by atoms with E-state index in [9.17, 15) is 4.39 Å². The van der Waals surface area contributed by atoms with Gasteiger partial charge in [-0.2, -0.15) is 0 Å². The van der Waals surface area contributed by atoms with E-state index in [1.54, 1.807) is 12.3 Å². The summed E-state index contributed by atoms with van der Waals surface area (Å²) in [6.07, 6.45) is 1.54. The molecule has 0 aliphatic rings. The van der Waals surface area contributed by atoms with E-state index in [1.807, 2.05) is 24.3 Å². The van der Waals surface area contributed by atoms with Crippen molar-refractivity contribution in [3.63, 3.8) is 0 Å². The largest absolute Gasteiger partial charge is 0.338 e. The Morgan fingerprint density at radius 3 is 2.56 bits per heavy atom. The Kier molecular flexibility index (Phi) is 3.12. The molecule has 3 N–H and O–H groups in total. The van der Waals surface area contributed by atoms with Crippen LogP contribution in [0.4, 0.5) is 15.9 Å². The molecule has 0 spiro atoms. The number of aromatic nitrogens is 1. The SMILES string of the molecule is NCc1ccc(Nc2ncccc2F)cc1. The van der Waals surface area contributed by atoms with Crippen molar-refractivity contribution in [3.05, 3.63) is 54.0 Å². The van der Waals surface area contributed by atoms with E-state index < -0.39 is 0 Å². The Morgan fingerprint density at radius 2 is 1.94 bits per heavy atom. The van der Waals surface area contributed by atoms with Crippen LogP contribution in [0.15, 0.2) is 42.6 Å². The molecule has 0 radical (unpaired) electrons. The first-order valence-corrected chi connectivity index (χ1v) is 4.96. The quantitative estimate of drug-likeness (QED) is 0.830. The molecule has 1 aromatic carbocycles. The minimum Gasteiger partial charge on any atom is -0.338 e. The molecule has 2 rings (SSSR count). The minimum absolute atomic E-state index is 0.225. The first-order chi connectivity index (χ1) is 7.79. The zero-order valence-electron chi connectivity index (χ0n) is 8.65. The summed E-state index contributed by atoms with van der Waals surface area (Å²) in [7, 11) is 0. The smallest absolute Gasteiger partial charge is 0.166 e. The normalized spacial score (nSPS) is 10.1. The molecule has 3 nitrogen and oxygen atoms in total. The van der Waals surface area contributed by atoms with Crippen LogP contribution in [0.25, 0.3) is 0 Å². The number of pyridine rings is 1. The van der Waals surface area contributed by atoms with E-state index in [4.69, 9.17) is 5.73 Å². The van der Waals surface area contributed by atoms with Crippen LogP contribution < -0.4 is 11.1 Å². The Bertz CT molecular complexity index is 468. The molecule has 4 heteroatoms. The molecule has 0 atom stereocenters. The molecule has 0 bridgehead atoms. The molecule has 0 aliphatic heterocycles. The maximum absolute atomic E-state index is 13.3. The summed E-state index contributed by atoms with van der Waals surface area (Å²) in [4.78, 5) is 3.91. The van der Waals surface area contributed by atoms with Gasteiger partial charge in [0.25, 0.3) is 0 Å². The van der Waals surface area contributed by atoms with Crippen LogP contribution in [-0.4, -0.2) is 4.98 Å². The van der Waals surface area contributed by atoms with Gasteiger partial charge in [0.15, 0.2) is 11.6 Å². The highest BCUT2D eigenvalue weighted by molar-refractivity contribution is 5.56. The predicted octanol–water partition coefficient (Wildman–Crippen LogP) is 2.42. The summed E-state index contributed by atoms with van der Waals surface area (Å²) >= 11 is 0. The van der Waals surface area contributed by atoms with Gasteiger partial charge in [-0.25, -0.2) is 9.37 Å². The molecule has 0 aliphatic carbocycles. The highest BCUT2D eigenvalue weighted by Gasteiger charge is 2.01. The number of hydrogen-bond acceptors (Lipinski definition) is 3. The lowest BCUT2D eigenvalue weighted by atomic mass is 10.2. The maximum Gasteiger partial charge on any atom is 0.166 e. The summed E-state index contributed by atoms with van der Waals surface area (Å²) in [6.45, 7) is 0.498. The second-order valence-electron chi connectivity index (χ2n) is 3.36. The van der Waals surface area contributed by atoms with Gasteiger partial charge in [-0.3, -0.25) is 0 Å². The highest BCUT2D eigenvalue weighted by atomic mass is 19.1. The molecule has 82 valence electrons. The fourth-order valence-electron chi connectivity index (χ4n) is 1.34. The maximum atomic E-state index is 13.3. The van der Waals surface area contributed by atoms with Gasteiger partial charge in [0.1, 0.15) is 0 Å². The van der Waals surface area contributed by atoms with Crippen molar-refractivity contribution in [1.82, 2.24) is 4.98 Å². The predicted molar refractivity (Wildman–Crippen MR) is 61.8 cm³/mol. The number of hydrogen-bond donors (Lipinski definition) is 2. The monoisotopic (exact) mass is 217 g/mol. The lowest BCUT2D eigenvalue weighted by Gasteiger charge is -2.06. The van der Waals surface area contributed by atoms with Gasteiger partial charge in [0.2, 0.25) is 0 Å². The average Bonchev–Trinajstić information content (AvgIpc) is 2.33. The lowest BCUT2D eigenvalue weighted by Crippen LogP contribution is -1.98. The number of rotatable bonds is 3. The van der Waals surface area contributed by atoms with Crippen LogP contribution in [-0.2, 0) is 6.54 Å². The van der Waals surface area contributed by atoms with Crippen molar-refractivity contribution in [2.75, 3.05) is 5.32 Å². The van der Waals surface area contributed by atoms with E-state index in [1.165, 1.54) is 6.07 Å². The molecule has 1 heterocycles. The van der Waals surface area contributed by atoms with Gasteiger partial charge in [-0.05, 0) is 29.8 Å². The van der Waals surface area contributed by atoms with Crippen LogP contribution in [0.3, 0.4) is 0 Å². The molecule has 0 amide bonds. The third-order valence-corrected chi connectivity index (χ3v) is 2.21. The van der Waals surface area contributed by atoms with Crippen molar-refractivity contribution < 1.29 is 4.39 Å². The minimum atomic E-state index is -0.370. The van der Waals surface area contributed by atoms with Gasteiger partial charge in [0, 0.05) is 18.4 Å². The molecule has 0 saturated heterocycles. The summed E-state index contributed by atoms with van der Waals surface area (Å²) in [5, 5.41) is 2.90. The van der Waals surface area contributed by atoms with Crippen molar-refractivity contribution in [3.8, 4) is 0 Å². The summed E-state index contributed by atoms with van der Waals surface area (Å²) in [5.74, 6) is -0.145. The van der Waals surface area contributed by atoms with Gasteiger partial charge in [-0.1, -0.05) is 12.1 Å². The molecule has 16 heavy (non-hydrogen) atoms. The summed E-state index contributed by atoms with van der Waals surface area (Å²) in [5.41, 5.74) is 7.30. The molecule has 0 unspecified atom stereocenters. The number of nitrogens with one attached hydrogen (secondary N) is 1. The number of anilines is 2. The van der Waals surface area contributed by atoms with Crippen LogP contribution in [0.2, 0.25) is 0 Å². The second-order valence-corrected chi connectivity index (χ2v) is 3.36. The Morgan fingerprint density at radius 1 is 1.19 bits per heavy atom. The first-order valence-electron chi connectivity index (χ1n) is 4.96. The molecule has 0 fully saturated rings. The van der Waals surface area contributed by atoms with Crippen molar-refractivity contribution in [2.24, 2.45) is 5.73 Å². The fraction of sp³-hybridized carbons (Fsp3) is 0.0833. The Balaban J connectivity index is 2.18. The van der Waals surface area contributed by atoms with Gasteiger partial charge < -0.3 is 11.1 Å². The van der Waals surface area contributed by atoms with E-state index in [0.717, 1.165) is 11.3 Å². The van der Waals surface area contributed by atoms with Gasteiger partial charge in [0.05, 0.1) is 0 Å². The van der Waals surface area contributed by atoms with Crippen molar-refractivity contribution in [1.29, 1.82) is 0 Å². The standard InChI is InChI=1S/C12H12FN3/c13-11-2-1-7-15-12(11)16-10-5-3-9(8-14)4-6-10/h1-7H,8,14H2,(H,15,16). The van der Waals surface area contributed by atoms with Gasteiger partial charge in [-0.15, -0.1) is 0 Å². The number of nitrogens with two attached hydrogens (primary N) is 1. The van der Waals surface area contributed by atoms with Crippen molar-refractivity contribution in [2.45, 2.75) is 6.54 Å². The zero-order chi connectivity index (χ0) is 11.4. The summed E-state index contributed by atoms with van der Waals surface area (Å²) < 4.78 is 13.3. The zero-order valence-corrected chi connectivity index (χ0v) is 8.65. The first kappa shape index (κ1) is 10.6. The Hall–Kier alpha value is -1.94. The van der Waals surface area contributed by atoms with Crippen LogP contribution in [0.1, 0.15) is 5.56 Å². The molecule has 1 aromatic heterocycles. The lowest BCUT2D eigenvalue weighted by molar-refractivity contribution is 0.626. The average molecular weight is 217 g/mol. The fourth-order valence-corrected chi connectivity index (χ4v) is 1.34. The van der Waals surface area contributed by atoms with Crippen LogP contribution in [0.5, 0.6) is 0 Å². The third-order valence-electron chi connectivity index (χ3n) is 2.21. The Labute approximate surface area is 93.1 Å². The number of nitrogens with zero attached hydrogens (tertiary/aromatic N) is 1. The van der Waals surface area contributed by atoms with E-state index in [2.05, 4.69) is 10.3 Å². The number of benzene rings is 1. The second kappa shape index (κ2) is 4.72. The number of halogens is 1. The molecular formula is C12H12FN3. The topological polar surface area (TPSA) is 50.9 Å². The third kappa shape index (κ3) is 2.35. The van der Waals surface area contributed by atoms with E-state index in [-0.39, 0.29) is 11.6 Å². The molecule has 2 aromatic rings. The van der Waals surface area contributed by atoms with Crippen LogP contribution >= 0.6 is 0 Å².